The molecule has 0 saturated heterocycles. The molecule has 7 heteroatoms. The lowest BCUT2D eigenvalue weighted by molar-refractivity contribution is -0.247. The second-order valence-electron chi connectivity index (χ2n) is 8.45. The minimum atomic E-state index is -4.96. The average molecular weight is 461 g/mol. The molecule has 0 amide bonds. The van der Waals surface area contributed by atoms with Crippen molar-refractivity contribution in [3.63, 3.8) is 0 Å². The number of nitrogens with zero attached hydrogens (tertiary/aromatic N) is 3. The van der Waals surface area contributed by atoms with Gasteiger partial charge in [-0.25, -0.2) is 4.68 Å². The van der Waals surface area contributed by atoms with Gasteiger partial charge in [0, 0.05) is 36.1 Å². The van der Waals surface area contributed by atoms with Crippen LogP contribution in [0.4, 0.5) is 18.9 Å². The normalized spacial score (nSPS) is 13.8. The van der Waals surface area contributed by atoms with Gasteiger partial charge < -0.3 is 10.0 Å². The van der Waals surface area contributed by atoms with Gasteiger partial charge in [0.25, 0.3) is 0 Å². The summed E-state index contributed by atoms with van der Waals surface area (Å²) >= 11 is 0. The van der Waals surface area contributed by atoms with E-state index in [0.717, 1.165) is 11.4 Å². The third-order valence-electron chi connectivity index (χ3n) is 6.17. The van der Waals surface area contributed by atoms with Crippen LogP contribution >= 0.6 is 0 Å². The van der Waals surface area contributed by atoms with E-state index in [1.165, 1.54) is 24.4 Å². The fourth-order valence-corrected chi connectivity index (χ4v) is 4.49. The largest absolute Gasteiger partial charge is 0.425 e. The van der Waals surface area contributed by atoms with Crippen molar-refractivity contribution in [1.29, 1.82) is 0 Å². The SMILES string of the molecule is CN(C)c1ccc(C(O)(c2ccc3c(cnn3-c3ccccc3)c2)C(F)(F)F)c2ccccc12. The third-order valence-corrected chi connectivity index (χ3v) is 6.17. The van der Waals surface area contributed by atoms with Gasteiger partial charge in [-0.1, -0.05) is 54.6 Å². The maximum Gasteiger partial charge on any atom is 0.425 e. The van der Waals surface area contributed by atoms with E-state index >= 15 is 0 Å². The van der Waals surface area contributed by atoms with E-state index in [1.54, 1.807) is 41.1 Å². The Labute approximate surface area is 194 Å². The van der Waals surface area contributed by atoms with Crippen LogP contribution in [0.2, 0.25) is 0 Å². The highest BCUT2D eigenvalue weighted by molar-refractivity contribution is 5.97. The molecule has 1 aromatic heterocycles. The number of anilines is 1. The van der Waals surface area contributed by atoms with Crippen molar-refractivity contribution in [1.82, 2.24) is 9.78 Å². The lowest BCUT2D eigenvalue weighted by Gasteiger charge is -2.33. The molecule has 172 valence electrons. The van der Waals surface area contributed by atoms with E-state index < -0.39 is 11.8 Å². The standard InChI is InChI=1S/C27H22F3N3O/c1-32(2)25-15-13-23(21-10-6-7-11-22(21)25)26(34,27(28,29)30)19-12-14-24-18(16-19)17-31-33(24)20-8-4-3-5-9-20/h3-17,34H,1-2H3. The summed E-state index contributed by atoms with van der Waals surface area (Å²) in [6.07, 6.45) is -3.45. The number of fused-ring (bicyclic) bond motifs is 2. The molecule has 1 unspecified atom stereocenters. The number of aromatic nitrogens is 2. The van der Waals surface area contributed by atoms with Crippen LogP contribution in [-0.4, -0.2) is 35.2 Å². The molecule has 1 N–H and O–H groups in total. The highest BCUT2D eigenvalue weighted by atomic mass is 19.4. The number of hydrogen-bond donors (Lipinski definition) is 1. The molecule has 0 aliphatic rings. The molecular weight excluding hydrogens is 439 g/mol. The number of alkyl halides is 3. The second-order valence-corrected chi connectivity index (χ2v) is 8.45. The van der Waals surface area contributed by atoms with Gasteiger partial charge in [-0.2, -0.15) is 18.3 Å². The summed E-state index contributed by atoms with van der Waals surface area (Å²) in [4.78, 5) is 1.84. The van der Waals surface area contributed by atoms with E-state index in [4.69, 9.17) is 0 Å². The molecule has 4 nitrogen and oxygen atoms in total. The monoisotopic (exact) mass is 461 g/mol. The maximum absolute atomic E-state index is 14.7. The molecule has 1 atom stereocenters. The van der Waals surface area contributed by atoms with Crippen molar-refractivity contribution >= 4 is 27.4 Å². The Hall–Kier alpha value is -3.84. The van der Waals surface area contributed by atoms with Crippen LogP contribution < -0.4 is 4.90 Å². The fourth-order valence-electron chi connectivity index (χ4n) is 4.49. The predicted octanol–water partition coefficient (Wildman–Crippen LogP) is 6.04. The van der Waals surface area contributed by atoms with Gasteiger partial charge in [-0.05, 0) is 41.3 Å². The Morgan fingerprint density at radius 1 is 0.824 bits per heavy atom. The molecule has 1 heterocycles. The molecule has 0 saturated carbocycles. The molecule has 0 radical (unpaired) electrons. The van der Waals surface area contributed by atoms with Crippen LogP contribution in [-0.2, 0) is 5.60 Å². The number of para-hydroxylation sites is 1. The Morgan fingerprint density at radius 2 is 1.50 bits per heavy atom. The Kier molecular flexibility index (Phi) is 5.10. The molecule has 0 spiro atoms. The number of halogens is 3. The number of hydrogen-bond acceptors (Lipinski definition) is 3. The first-order valence-electron chi connectivity index (χ1n) is 10.7. The highest BCUT2D eigenvalue weighted by Crippen LogP contribution is 2.48. The first-order valence-corrected chi connectivity index (χ1v) is 10.7. The van der Waals surface area contributed by atoms with Gasteiger partial charge in [0.2, 0.25) is 5.60 Å². The average Bonchev–Trinajstić information content (AvgIpc) is 3.26. The smallest absolute Gasteiger partial charge is 0.377 e. The molecule has 0 aliphatic carbocycles. The van der Waals surface area contributed by atoms with Crippen LogP contribution in [0.5, 0.6) is 0 Å². The summed E-state index contributed by atoms with van der Waals surface area (Å²) in [6.45, 7) is 0. The van der Waals surface area contributed by atoms with Gasteiger partial charge in [0.1, 0.15) is 0 Å². The van der Waals surface area contributed by atoms with E-state index in [-0.39, 0.29) is 11.1 Å². The summed E-state index contributed by atoms with van der Waals surface area (Å²) in [5, 5.41) is 17.3. The molecule has 34 heavy (non-hydrogen) atoms. The van der Waals surface area contributed by atoms with Crippen molar-refractivity contribution in [3.05, 3.63) is 102 Å². The van der Waals surface area contributed by atoms with Crippen molar-refractivity contribution in [3.8, 4) is 5.69 Å². The zero-order valence-electron chi connectivity index (χ0n) is 18.6. The zero-order valence-corrected chi connectivity index (χ0v) is 18.6. The summed E-state index contributed by atoms with van der Waals surface area (Å²) in [5.41, 5.74) is -1.48. The van der Waals surface area contributed by atoms with Crippen LogP contribution in [0, 0.1) is 0 Å². The molecule has 0 fully saturated rings. The number of benzene rings is 4. The molecule has 5 aromatic rings. The molecule has 0 aliphatic heterocycles. The lowest BCUT2D eigenvalue weighted by atomic mass is 9.82. The van der Waals surface area contributed by atoms with Crippen LogP contribution in [0.15, 0.2) is 91.1 Å². The van der Waals surface area contributed by atoms with Crippen LogP contribution in [0.25, 0.3) is 27.4 Å². The maximum atomic E-state index is 14.7. The van der Waals surface area contributed by atoms with E-state index in [9.17, 15) is 18.3 Å². The van der Waals surface area contributed by atoms with Crippen molar-refractivity contribution < 1.29 is 18.3 Å². The van der Waals surface area contributed by atoms with Crippen molar-refractivity contribution in [2.75, 3.05) is 19.0 Å². The Balaban J connectivity index is 1.74. The number of aliphatic hydroxyl groups is 1. The van der Waals surface area contributed by atoms with E-state index in [2.05, 4.69) is 5.10 Å². The summed E-state index contributed by atoms with van der Waals surface area (Å²) in [5.74, 6) is 0. The molecule has 0 bridgehead atoms. The van der Waals surface area contributed by atoms with Crippen LogP contribution in [0.3, 0.4) is 0 Å². The fraction of sp³-hybridized carbons (Fsp3) is 0.148. The summed E-state index contributed by atoms with van der Waals surface area (Å²) in [6, 6.07) is 23.4. The van der Waals surface area contributed by atoms with Gasteiger partial charge in [0.15, 0.2) is 0 Å². The summed E-state index contributed by atoms with van der Waals surface area (Å²) < 4.78 is 45.6. The Morgan fingerprint density at radius 3 is 2.18 bits per heavy atom. The summed E-state index contributed by atoms with van der Waals surface area (Å²) in [7, 11) is 3.66. The van der Waals surface area contributed by atoms with Gasteiger partial charge >= 0.3 is 6.18 Å². The molecular formula is C27H22F3N3O. The first kappa shape index (κ1) is 22.0. The van der Waals surface area contributed by atoms with E-state index in [0.29, 0.717) is 21.7 Å². The first-order chi connectivity index (χ1) is 16.2. The molecule has 4 aromatic carbocycles. The van der Waals surface area contributed by atoms with E-state index in [1.807, 2.05) is 49.3 Å². The predicted molar refractivity (Wildman–Crippen MR) is 128 cm³/mol. The third kappa shape index (κ3) is 3.31. The minimum Gasteiger partial charge on any atom is -0.377 e. The zero-order chi connectivity index (χ0) is 24.1. The second kappa shape index (κ2) is 7.88. The topological polar surface area (TPSA) is 41.3 Å². The Bertz CT molecular complexity index is 1490. The highest BCUT2D eigenvalue weighted by Gasteiger charge is 2.57. The van der Waals surface area contributed by atoms with Crippen LogP contribution in [0.1, 0.15) is 11.1 Å². The van der Waals surface area contributed by atoms with Gasteiger partial charge in [0.05, 0.1) is 17.4 Å². The molecule has 5 rings (SSSR count). The number of rotatable bonds is 4. The van der Waals surface area contributed by atoms with Gasteiger partial charge in [-0.3, -0.25) is 0 Å². The van der Waals surface area contributed by atoms with Gasteiger partial charge in [-0.15, -0.1) is 0 Å². The quantitative estimate of drug-likeness (QED) is 0.355. The van der Waals surface area contributed by atoms with Crippen molar-refractivity contribution in [2.24, 2.45) is 0 Å². The minimum absolute atomic E-state index is 0.212. The lowest BCUT2D eigenvalue weighted by Crippen LogP contribution is -2.43. The van der Waals surface area contributed by atoms with Crippen molar-refractivity contribution in [2.45, 2.75) is 11.8 Å².